The molecule has 1 aromatic heterocycles. The Labute approximate surface area is 134 Å². The molecule has 22 heavy (non-hydrogen) atoms. The minimum atomic E-state index is -0.918. The molecule has 2 aromatic rings. The minimum Gasteiger partial charge on any atom is -0.389 e. The number of nitrogens with one attached hydrogen (secondary N) is 1. The van der Waals surface area contributed by atoms with Crippen LogP contribution in [0.3, 0.4) is 0 Å². The zero-order chi connectivity index (χ0) is 16.3. The second kappa shape index (κ2) is 6.46. The molecular formula is C16H21N3O2S. The molecule has 0 fully saturated rings. The van der Waals surface area contributed by atoms with E-state index in [2.05, 4.69) is 10.3 Å². The number of aryl methyl sites for hydroxylation is 1. The lowest BCUT2D eigenvalue weighted by molar-refractivity contribution is 0.0550. The van der Waals surface area contributed by atoms with Gasteiger partial charge < -0.3 is 15.3 Å². The van der Waals surface area contributed by atoms with Gasteiger partial charge in [0.15, 0.2) is 0 Å². The van der Waals surface area contributed by atoms with Crippen LogP contribution < -0.4 is 5.32 Å². The van der Waals surface area contributed by atoms with E-state index in [9.17, 15) is 9.90 Å². The van der Waals surface area contributed by atoms with Gasteiger partial charge in [-0.05, 0) is 45.0 Å². The van der Waals surface area contributed by atoms with E-state index in [4.69, 9.17) is 0 Å². The summed E-state index contributed by atoms with van der Waals surface area (Å²) in [5.41, 5.74) is 1.83. The number of aromatic nitrogens is 1. The van der Waals surface area contributed by atoms with Gasteiger partial charge in [0.1, 0.15) is 5.01 Å². The number of nitrogens with zero attached hydrogens (tertiary/aromatic N) is 2. The molecule has 2 amide bonds. The summed E-state index contributed by atoms with van der Waals surface area (Å²) >= 11 is 1.60. The topological polar surface area (TPSA) is 65.5 Å². The highest BCUT2D eigenvalue weighted by Gasteiger charge is 2.19. The molecule has 0 aliphatic carbocycles. The van der Waals surface area contributed by atoms with Gasteiger partial charge in [-0.25, -0.2) is 9.78 Å². The number of thiazole rings is 1. The molecule has 0 unspecified atom stereocenters. The van der Waals surface area contributed by atoms with E-state index in [-0.39, 0.29) is 12.6 Å². The van der Waals surface area contributed by atoms with Gasteiger partial charge in [-0.1, -0.05) is 0 Å². The highest BCUT2D eigenvalue weighted by Crippen LogP contribution is 2.24. The molecule has 6 heteroatoms. The first kappa shape index (κ1) is 16.5. The lowest BCUT2D eigenvalue weighted by Gasteiger charge is -2.25. The van der Waals surface area contributed by atoms with Crippen LogP contribution in [0.4, 0.5) is 10.5 Å². The standard InChI is InChI=1S/C16H21N3O2S/c1-11-9-22-14(17-11)12-5-7-13(8-6-12)18-15(20)19(4)10-16(2,3)21/h5-9,21H,10H2,1-4H3,(H,18,20). The van der Waals surface area contributed by atoms with Crippen molar-refractivity contribution in [1.29, 1.82) is 0 Å². The normalized spacial score (nSPS) is 11.3. The number of rotatable bonds is 4. The average molecular weight is 319 g/mol. The number of hydrogen-bond acceptors (Lipinski definition) is 4. The predicted molar refractivity (Wildman–Crippen MR) is 90.2 cm³/mol. The molecule has 2 N–H and O–H groups in total. The van der Waals surface area contributed by atoms with Crippen molar-refractivity contribution in [1.82, 2.24) is 9.88 Å². The van der Waals surface area contributed by atoms with Crippen LogP contribution in [-0.4, -0.2) is 40.2 Å². The summed E-state index contributed by atoms with van der Waals surface area (Å²) in [6.07, 6.45) is 0. The summed E-state index contributed by atoms with van der Waals surface area (Å²) in [5.74, 6) is 0. The van der Waals surface area contributed by atoms with Crippen LogP contribution in [0.1, 0.15) is 19.5 Å². The van der Waals surface area contributed by atoms with Gasteiger partial charge in [0.2, 0.25) is 0 Å². The molecule has 118 valence electrons. The van der Waals surface area contributed by atoms with Crippen molar-refractivity contribution in [2.24, 2.45) is 0 Å². The van der Waals surface area contributed by atoms with Crippen molar-refractivity contribution in [3.05, 3.63) is 35.3 Å². The Morgan fingerprint density at radius 3 is 2.50 bits per heavy atom. The van der Waals surface area contributed by atoms with Crippen LogP contribution in [0.15, 0.2) is 29.6 Å². The van der Waals surface area contributed by atoms with Gasteiger partial charge in [0, 0.05) is 29.4 Å². The van der Waals surface area contributed by atoms with Crippen LogP contribution in [0.5, 0.6) is 0 Å². The molecule has 0 radical (unpaired) electrons. The predicted octanol–water partition coefficient (Wildman–Crippen LogP) is 3.35. The van der Waals surface area contributed by atoms with Crippen LogP contribution in [0, 0.1) is 6.92 Å². The molecular weight excluding hydrogens is 298 g/mol. The minimum absolute atomic E-state index is 0.250. The van der Waals surface area contributed by atoms with Crippen LogP contribution in [-0.2, 0) is 0 Å². The second-order valence-corrected chi connectivity index (χ2v) is 6.83. The number of carbonyl (C=O) groups is 1. The third-order valence-corrected chi connectivity index (χ3v) is 3.98. The van der Waals surface area contributed by atoms with E-state index in [1.54, 1.807) is 32.2 Å². The van der Waals surface area contributed by atoms with Crippen molar-refractivity contribution < 1.29 is 9.90 Å². The summed E-state index contributed by atoms with van der Waals surface area (Å²) in [7, 11) is 1.65. The van der Waals surface area contributed by atoms with E-state index in [0.29, 0.717) is 5.69 Å². The Morgan fingerprint density at radius 2 is 2.00 bits per heavy atom. The van der Waals surface area contributed by atoms with Crippen LogP contribution >= 0.6 is 11.3 Å². The lowest BCUT2D eigenvalue weighted by atomic mass is 10.1. The number of likely N-dealkylation sites (N-methyl/N-ethyl adjacent to an activating group) is 1. The van der Waals surface area contributed by atoms with Crippen molar-refractivity contribution in [3.63, 3.8) is 0 Å². The van der Waals surface area contributed by atoms with E-state index >= 15 is 0 Å². The first-order valence-electron chi connectivity index (χ1n) is 7.02. The van der Waals surface area contributed by atoms with Crippen LogP contribution in [0.25, 0.3) is 10.6 Å². The Morgan fingerprint density at radius 1 is 1.36 bits per heavy atom. The molecule has 0 aliphatic rings. The molecule has 0 spiro atoms. The summed E-state index contributed by atoms with van der Waals surface area (Å²) in [4.78, 5) is 17.9. The molecule has 0 atom stereocenters. The molecule has 1 heterocycles. The molecule has 1 aromatic carbocycles. The highest BCUT2D eigenvalue weighted by molar-refractivity contribution is 7.13. The average Bonchev–Trinajstić information content (AvgIpc) is 2.84. The van der Waals surface area contributed by atoms with Gasteiger partial charge in [-0.3, -0.25) is 0 Å². The molecule has 0 saturated carbocycles. The molecule has 0 bridgehead atoms. The van der Waals surface area contributed by atoms with E-state index in [0.717, 1.165) is 16.3 Å². The van der Waals surface area contributed by atoms with Crippen molar-refractivity contribution >= 4 is 23.1 Å². The fraction of sp³-hybridized carbons (Fsp3) is 0.375. The first-order chi connectivity index (χ1) is 10.2. The first-order valence-corrected chi connectivity index (χ1v) is 7.90. The monoisotopic (exact) mass is 319 g/mol. The van der Waals surface area contributed by atoms with Gasteiger partial charge in [-0.2, -0.15) is 0 Å². The third-order valence-electron chi connectivity index (χ3n) is 2.97. The number of amides is 2. The van der Waals surface area contributed by atoms with Crippen molar-refractivity contribution in [2.45, 2.75) is 26.4 Å². The second-order valence-electron chi connectivity index (χ2n) is 5.97. The van der Waals surface area contributed by atoms with E-state index in [1.807, 2.05) is 36.6 Å². The SMILES string of the molecule is Cc1csc(-c2ccc(NC(=O)N(C)CC(C)(C)O)cc2)n1. The number of carbonyl (C=O) groups excluding carboxylic acids is 1. The Hall–Kier alpha value is -1.92. The summed E-state index contributed by atoms with van der Waals surface area (Å²) in [6.45, 7) is 5.56. The van der Waals surface area contributed by atoms with Gasteiger partial charge in [0.25, 0.3) is 0 Å². The highest BCUT2D eigenvalue weighted by atomic mass is 32.1. The fourth-order valence-electron chi connectivity index (χ4n) is 2.05. The van der Waals surface area contributed by atoms with Crippen molar-refractivity contribution in [2.75, 3.05) is 18.9 Å². The van der Waals surface area contributed by atoms with Gasteiger partial charge in [0.05, 0.1) is 12.1 Å². The summed E-state index contributed by atoms with van der Waals surface area (Å²) in [5, 5.41) is 15.5. The molecule has 0 saturated heterocycles. The third kappa shape index (κ3) is 4.54. The van der Waals surface area contributed by atoms with Gasteiger partial charge in [-0.15, -0.1) is 11.3 Å². The number of hydrogen-bond donors (Lipinski definition) is 2. The molecule has 5 nitrogen and oxygen atoms in total. The van der Waals surface area contributed by atoms with Gasteiger partial charge >= 0.3 is 6.03 Å². The van der Waals surface area contributed by atoms with E-state index in [1.165, 1.54) is 4.90 Å². The maximum atomic E-state index is 12.0. The van der Waals surface area contributed by atoms with Crippen LogP contribution in [0.2, 0.25) is 0 Å². The smallest absolute Gasteiger partial charge is 0.321 e. The number of aliphatic hydroxyl groups is 1. The number of urea groups is 1. The lowest BCUT2D eigenvalue weighted by Crippen LogP contribution is -2.41. The number of benzene rings is 1. The number of anilines is 1. The Bertz CT molecular complexity index is 644. The quantitative estimate of drug-likeness (QED) is 0.908. The molecule has 2 rings (SSSR count). The van der Waals surface area contributed by atoms with E-state index < -0.39 is 5.60 Å². The molecule has 0 aliphatic heterocycles. The Kier molecular flexibility index (Phi) is 4.83. The maximum absolute atomic E-state index is 12.0. The fourth-order valence-corrected chi connectivity index (χ4v) is 2.86. The zero-order valence-corrected chi connectivity index (χ0v) is 14.1. The van der Waals surface area contributed by atoms with Crippen molar-refractivity contribution in [3.8, 4) is 10.6 Å². The summed E-state index contributed by atoms with van der Waals surface area (Å²) in [6, 6.07) is 7.32. The largest absolute Gasteiger partial charge is 0.389 e. The maximum Gasteiger partial charge on any atom is 0.321 e. The Balaban J connectivity index is 2.00. The zero-order valence-electron chi connectivity index (χ0n) is 13.3. The summed E-state index contributed by atoms with van der Waals surface area (Å²) < 4.78 is 0.